The number of methoxy groups -OCH3 is 1. The summed E-state index contributed by atoms with van der Waals surface area (Å²) >= 11 is 0. The summed E-state index contributed by atoms with van der Waals surface area (Å²) < 4.78 is 5.12. The van der Waals surface area contributed by atoms with Gasteiger partial charge in [-0.05, 0) is 25.8 Å². The Labute approximate surface area is 108 Å². The molecule has 4 heteroatoms. The minimum atomic E-state index is -0.646. The molecule has 18 heavy (non-hydrogen) atoms. The maximum Gasteiger partial charge on any atom is 0.123 e. The van der Waals surface area contributed by atoms with E-state index in [2.05, 4.69) is 4.90 Å². The fourth-order valence-electron chi connectivity index (χ4n) is 2.16. The van der Waals surface area contributed by atoms with Gasteiger partial charge in [0.1, 0.15) is 5.75 Å². The van der Waals surface area contributed by atoms with Crippen LogP contribution < -0.4 is 4.90 Å². The highest BCUT2D eigenvalue weighted by molar-refractivity contribution is 5.55. The number of aliphatic hydroxyl groups is 1. The average molecular weight is 251 g/mol. The molecule has 4 nitrogen and oxygen atoms in total. The first kappa shape index (κ1) is 13.2. The molecule has 100 valence electrons. The molecule has 0 saturated heterocycles. The standard InChI is InChI=1S/C14H21NO3/c1-10(16)13-6-5-12(9-14(13)17)15(7-8-18-2)11-3-4-11/h5-6,9-11,16-17H,3-4,7-8H2,1-2H3. The number of nitrogens with zero attached hydrogens (tertiary/aromatic N) is 1. The zero-order valence-corrected chi connectivity index (χ0v) is 11.0. The van der Waals surface area contributed by atoms with E-state index in [4.69, 9.17) is 4.74 Å². The van der Waals surface area contributed by atoms with Gasteiger partial charge in [0, 0.05) is 37.0 Å². The highest BCUT2D eigenvalue weighted by Crippen LogP contribution is 2.35. The van der Waals surface area contributed by atoms with Gasteiger partial charge >= 0.3 is 0 Å². The fraction of sp³-hybridized carbons (Fsp3) is 0.571. The summed E-state index contributed by atoms with van der Waals surface area (Å²) in [5.41, 5.74) is 1.57. The largest absolute Gasteiger partial charge is 0.507 e. The van der Waals surface area contributed by atoms with Gasteiger partial charge in [-0.15, -0.1) is 0 Å². The molecule has 1 aromatic rings. The van der Waals surface area contributed by atoms with E-state index >= 15 is 0 Å². The number of aliphatic hydroxyl groups excluding tert-OH is 1. The second-order valence-electron chi connectivity index (χ2n) is 4.84. The molecule has 0 aromatic heterocycles. The van der Waals surface area contributed by atoms with E-state index in [9.17, 15) is 10.2 Å². The first-order valence-corrected chi connectivity index (χ1v) is 6.40. The van der Waals surface area contributed by atoms with Gasteiger partial charge < -0.3 is 19.8 Å². The zero-order chi connectivity index (χ0) is 13.1. The van der Waals surface area contributed by atoms with Gasteiger partial charge in [0.15, 0.2) is 0 Å². The van der Waals surface area contributed by atoms with Crippen molar-refractivity contribution in [1.82, 2.24) is 0 Å². The van der Waals surface area contributed by atoms with E-state index in [1.54, 1.807) is 26.2 Å². The molecule has 1 aliphatic carbocycles. The number of aromatic hydroxyl groups is 1. The fourth-order valence-corrected chi connectivity index (χ4v) is 2.16. The Morgan fingerprint density at radius 1 is 1.44 bits per heavy atom. The highest BCUT2D eigenvalue weighted by atomic mass is 16.5. The Kier molecular flexibility index (Phi) is 4.09. The number of hydrogen-bond acceptors (Lipinski definition) is 4. The van der Waals surface area contributed by atoms with Crippen LogP contribution in [0, 0.1) is 0 Å². The third-order valence-corrected chi connectivity index (χ3v) is 3.32. The summed E-state index contributed by atoms with van der Waals surface area (Å²) in [6.45, 7) is 3.16. The first-order chi connectivity index (χ1) is 8.63. The molecule has 0 bridgehead atoms. The van der Waals surface area contributed by atoms with Crippen molar-refractivity contribution in [3.05, 3.63) is 23.8 Å². The Bertz CT molecular complexity index is 402. The lowest BCUT2D eigenvalue weighted by molar-refractivity contribution is 0.195. The van der Waals surface area contributed by atoms with Crippen LogP contribution in [0.4, 0.5) is 5.69 Å². The molecule has 2 N–H and O–H groups in total. The van der Waals surface area contributed by atoms with Crippen LogP contribution in [0.5, 0.6) is 5.75 Å². The Hall–Kier alpha value is -1.26. The molecule has 0 heterocycles. The van der Waals surface area contributed by atoms with E-state index in [1.807, 2.05) is 6.07 Å². The second-order valence-corrected chi connectivity index (χ2v) is 4.84. The molecule has 0 spiro atoms. The van der Waals surface area contributed by atoms with Crippen LogP contribution in [0.25, 0.3) is 0 Å². The molecule has 0 radical (unpaired) electrons. The van der Waals surface area contributed by atoms with E-state index in [0.717, 1.165) is 12.2 Å². The molecule has 1 saturated carbocycles. The molecule has 1 aromatic carbocycles. The van der Waals surface area contributed by atoms with Gasteiger partial charge in [0.25, 0.3) is 0 Å². The van der Waals surface area contributed by atoms with Gasteiger partial charge in [-0.1, -0.05) is 6.07 Å². The maximum absolute atomic E-state index is 9.92. The van der Waals surface area contributed by atoms with Crippen molar-refractivity contribution in [2.45, 2.75) is 31.9 Å². The van der Waals surface area contributed by atoms with Crippen molar-refractivity contribution >= 4 is 5.69 Å². The van der Waals surface area contributed by atoms with Crippen molar-refractivity contribution in [3.8, 4) is 5.75 Å². The van der Waals surface area contributed by atoms with Crippen LogP contribution in [0.2, 0.25) is 0 Å². The quantitative estimate of drug-likeness (QED) is 0.812. The summed E-state index contributed by atoms with van der Waals surface area (Å²) in [6, 6.07) is 6.04. The summed E-state index contributed by atoms with van der Waals surface area (Å²) in [4.78, 5) is 2.26. The van der Waals surface area contributed by atoms with Crippen LogP contribution >= 0.6 is 0 Å². The summed E-state index contributed by atoms with van der Waals surface area (Å²) in [5, 5.41) is 19.4. The predicted octanol–water partition coefficient (Wildman–Crippen LogP) is 2.06. The van der Waals surface area contributed by atoms with E-state index in [-0.39, 0.29) is 5.75 Å². The number of phenolic OH excluding ortho intramolecular Hbond substituents is 1. The number of hydrogen-bond donors (Lipinski definition) is 2. The SMILES string of the molecule is COCCN(c1ccc(C(C)O)c(O)c1)C1CC1. The predicted molar refractivity (Wildman–Crippen MR) is 71.0 cm³/mol. The maximum atomic E-state index is 9.92. The van der Waals surface area contributed by atoms with Crippen LogP contribution in [-0.4, -0.2) is 36.5 Å². The van der Waals surface area contributed by atoms with Gasteiger partial charge in [-0.3, -0.25) is 0 Å². The summed E-state index contributed by atoms with van der Waals surface area (Å²) in [5.74, 6) is 0.158. The lowest BCUT2D eigenvalue weighted by atomic mass is 10.1. The molecular weight excluding hydrogens is 230 g/mol. The number of ether oxygens (including phenoxy) is 1. The molecule has 1 unspecified atom stereocenters. The molecule has 1 atom stereocenters. The van der Waals surface area contributed by atoms with Crippen LogP contribution in [0.3, 0.4) is 0 Å². The second kappa shape index (κ2) is 5.59. The van der Waals surface area contributed by atoms with Crippen molar-refractivity contribution in [1.29, 1.82) is 0 Å². The van der Waals surface area contributed by atoms with Crippen molar-refractivity contribution < 1.29 is 14.9 Å². The van der Waals surface area contributed by atoms with Crippen molar-refractivity contribution in [2.24, 2.45) is 0 Å². The molecule has 0 aliphatic heterocycles. The van der Waals surface area contributed by atoms with Gasteiger partial charge in [-0.2, -0.15) is 0 Å². The lowest BCUT2D eigenvalue weighted by Gasteiger charge is -2.25. The average Bonchev–Trinajstić information content (AvgIpc) is 3.13. The normalized spacial score (nSPS) is 16.6. The first-order valence-electron chi connectivity index (χ1n) is 6.40. The highest BCUT2D eigenvalue weighted by Gasteiger charge is 2.29. The van der Waals surface area contributed by atoms with Gasteiger partial charge in [0.05, 0.1) is 12.7 Å². The van der Waals surface area contributed by atoms with Crippen LogP contribution in [0.1, 0.15) is 31.4 Å². The van der Waals surface area contributed by atoms with Crippen LogP contribution in [0.15, 0.2) is 18.2 Å². The van der Waals surface area contributed by atoms with Gasteiger partial charge in [-0.25, -0.2) is 0 Å². The third-order valence-electron chi connectivity index (χ3n) is 3.32. The monoisotopic (exact) mass is 251 g/mol. The third kappa shape index (κ3) is 2.94. The minimum Gasteiger partial charge on any atom is -0.507 e. The van der Waals surface area contributed by atoms with Gasteiger partial charge in [0.2, 0.25) is 0 Å². The Morgan fingerprint density at radius 2 is 2.17 bits per heavy atom. The number of benzene rings is 1. The number of anilines is 1. The minimum absolute atomic E-state index is 0.158. The Morgan fingerprint density at radius 3 is 2.67 bits per heavy atom. The zero-order valence-electron chi connectivity index (χ0n) is 11.0. The number of rotatable bonds is 6. The molecule has 2 rings (SSSR count). The van der Waals surface area contributed by atoms with E-state index < -0.39 is 6.10 Å². The van der Waals surface area contributed by atoms with Crippen LogP contribution in [-0.2, 0) is 4.74 Å². The molecular formula is C14H21NO3. The smallest absolute Gasteiger partial charge is 0.123 e. The molecule has 1 fully saturated rings. The summed E-state index contributed by atoms with van der Waals surface area (Å²) in [7, 11) is 1.69. The molecule has 1 aliphatic rings. The topological polar surface area (TPSA) is 52.9 Å². The van der Waals surface area contributed by atoms with Crippen molar-refractivity contribution in [2.75, 3.05) is 25.2 Å². The van der Waals surface area contributed by atoms with E-state index in [0.29, 0.717) is 18.2 Å². The van der Waals surface area contributed by atoms with Crippen molar-refractivity contribution in [3.63, 3.8) is 0 Å². The summed E-state index contributed by atoms with van der Waals surface area (Å²) in [6.07, 6.45) is 1.75. The van der Waals surface area contributed by atoms with E-state index in [1.165, 1.54) is 12.8 Å². The molecule has 0 amide bonds. The number of phenols is 1. The lowest BCUT2D eigenvalue weighted by Crippen LogP contribution is -2.29. The Balaban J connectivity index is 2.17.